The number of hydrogen-bond acceptors (Lipinski definition) is 8. The zero-order valence-electron chi connectivity index (χ0n) is 12.6. The second-order valence-corrected chi connectivity index (χ2v) is 6.08. The molecule has 0 aliphatic heterocycles. The summed E-state index contributed by atoms with van der Waals surface area (Å²) < 4.78 is 0. The first kappa shape index (κ1) is 19.1. The van der Waals surface area contributed by atoms with Gasteiger partial charge in [-0.3, -0.25) is 0 Å². The van der Waals surface area contributed by atoms with E-state index in [-0.39, 0.29) is 39.2 Å². The molecule has 8 nitrogen and oxygen atoms in total. The minimum atomic E-state index is -0.291. The summed E-state index contributed by atoms with van der Waals surface area (Å²) in [4.78, 5) is 23.3. The molecule has 0 saturated carbocycles. The molecule has 2 heterocycles. The average molecular weight is 412 g/mol. The molecule has 0 saturated heterocycles. The largest absolute Gasteiger partial charge is 0.334 e. The summed E-state index contributed by atoms with van der Waals surface area (Å²) in [5.74, 6) is 0.473. The van der Waals surface area contributed by atoms with Crippen LogP contribution in [0.2, 0.25) is 21.1 Å². The number of halogens is 4. The normalized spacial score (nSPS) is 10.9. The Morgan fingerprint density at radius 1 is 0.708 bits per heavy atom. The standard InChI is InChI=1S/C12H14Cl4N8/c1-2-3-4-5-6(17-11-21-7(13)19-8(14)22-11)18-12-23-9(15)20-10(16)24-12/h6H,2-5H2,1H3,(H,17,19,21,22)(H,18,20,23,24). The molecule has 12 heteroatoms. The molecule has 0 spiro atoms. The number of unbranched alkanes of at least 4 members (excludes halogenated alkanes) is 2. The van der Waals surface area contributed by atoms with Gasteiger partial charge in [-0.15, -0.1) is 0 Å². The van der Waals surface area contributed by atoms with Crippen LogP contribution in [-0.4, -0.2) is 36.1 Å². The lowest BCUT2D eigenvalue weighted by Crippen LogP contribution is -2.30. The van der Waals surface area contributed by atoms with E-state index in [9.17, 15) is 0 Å². The van der Waals surface area contributed by atoms with Crippen molar-refractivity contribution in [2.24, 2.45) is 0 Å². The Bertz CT molecular complexity index is 592. The fourth-order valence-corrected chi connectivity index (χ4v) is 2.60. The van der Waals surface area contributed by atoms with Gasteiger partial charge in [0.15, 0.2) is 0 Å². The van der Waals surface area contributed by atoms with Crippen molar-refractivity contribution < 1.29 is 0 Å². The molecule has 0 fully saturated rings. The summed E-state index contributed by atoms with van der Waals surface area (Å²) >= 11 is 23.1. The highest BCUT2D eigenvalue weighted by Gasteiger charge is 2.14. The first-order valence-corrected chi connectivity index (χ1v) is 8.64. The molecule has 2 aromatic heterocycles. The first-order valence-electron chi connectivity index (χ1n) is 7.13. The van der Waals surface area contributed by atoms with E-state index in [4.69, 9.17) is 46.4 Å². The van der Waals surface area contributed by atoms with Crippen molar-refractivity contribution in [2.45, 2.75) is 38.8 Å². The maximum absolute atomic E-state index is 5.79. The lowest BCUT2D eigenvalue weighted by atomic mass is 10.2. The number of rotatable bonds is 8. The van der Waals surface area contributed by atoms with Crippen molar-refractivity contribution in [3.05, 3.63) is 21.1 Å². The van der Waals surface area contributed by atoms with E-state index in [2.05, 4.69) is 47.5 Å². The van der Waals surface area contributed by atoms with Crippen LogP contribution in [-0.2, 0) is 0 Å². The van der Waals surface area contributed by atoms with Gasteiger partial charge in [0.25, 0.3) is 0 Å². The molecule has 24 heavy (non-hydrogen) atoms. The molecule has 2 N–H and O–H groups in total. The maximum Gasteiger partial charge on any atom is 0.229 e. The van der Waals surface area contributed by atoms with E-state index in [1.807, 2.05) is 0 Å². The third-order valence-corrected chi connectivity index (χ3v) is 3.54. The number of aromatic nitrogens is 6. The van der Waals surface area contributed by atoms with Crippen LogP contribution >= 0.6 is 46.4 Å². The molecule has 0 radical (unpaired) electrons. The molecule has 0 aliphatic rings. The predicted octanol–water partition coefficient (Wildman–Crippen LogP) is 4.10. The smallest absolute Gasteiger partial charge is 0.229 e. The fraction of sp³-hybridized carbons (Fsp3) is 0.500. The number of anilines is 2. The second kappa shape index (κ2) is 9.31. The number of hydrogen-bond donors (Lipinski definition) is 2. The summed E-state index contributed by atoms with van der Waals surface area (Å²) in [5.41, 5.74) is 0. The van der Waals surface area contributed by atoms with E-state index in [0.29, 0.717) is 0 Å². The van der Waals surface area contributed by atoms with Gasteiger partial charge in [0.1, 0.15) is 6.17 Å². The van der Waals surface area contributed by atoms with Crippen LogP contribution < -0.4 is 10.6 Å². The van der Waals surface area contributed by atoms with Crippen molar-refractivity contribution in [3.63, 3.8) is 0 Å². The molecule has 2 aromatic rings. The summed E-state index contributed by atoms with van der Waals surface area (Å²) in [5, 5.41) is 6.14. The monoisotopic (exact) mass is 410 g/mol. The van der Waals surface area contributed by atoms with E-state index in [0.717, 1.165) is 25.7 Å². The number of nitrogens with zero attached hydrogens (tertiary/aromatic N) is 6. The average Bonchev–Trinajstić information content (AvgIpc) is 2.45. The summed E-state index contributed by atoms with van der Waals surface area (Å²) in [6, 6.07) is 0. The predicted molar refractivity (Wildman–Crippen MR) is 94.9 cm³/mol. The molecule has 130 valence electrons. The highest BCUT2D eigenvalue weighted by molar-refractivity contribution is 6.31. The summed E-state index contributed by atoms with van der Waals surface area (Å²) in [7, 11) is 0. The molecular formula is C12H14Cl4N8. The highest BCUT2D eigenvalue weighted by atomic mass is 35.5. The Hall–Kier alpha value is -1.22. The van der Waals surface area contributed by atoms with Gasteiger partial charge in [-0.1, -0.05) is 19.8 Å². The van der Waals surface area contributed by atoms with E-state index in [1.165, 1.54) is 0 Å². The van der Waals surface area contributed by atoms with Gasteiger partial charge in [0, 0.05) is 0 Å². The van der Waals surface area contributed by atoms with Gasteiger partial charge in [-0.05, 0) is 59.2 Å². The summed E-state index contributed by atoms with van der Waals surface area (Å²) in [6.07, 6.45) is 3.56. The number of nitrogens with one attached hydrogen (secondary N) is 2. The van der Waals surface area contributed by atoms with Crippen molar-refractivity contribution in [2.75, 3.05) is 10.6 Å². The lowest BCUT2D eigenvalue weighted by Gasteiger charge is -2.20. The van der Waals surface area contributed by atoms with Crippen LogP contribution in [0.1, 0.15) is 32.6 Å². The Morgan fingerprint density at radius 2 is 1.12 bits per heavy atom. The summed E-state index contributed by atoms with van der Waals surface area (Å²) in [6.45, 7) is 2.12. The minimum Gasteiger partial charge on any atom is -0.334 e. The molecule has 0 aromatic carbocycles. The highest BCUT2D eigenvalue weighted by Crippen LogP contribution is 2.16. The minimum absolute atomic E-state index is 0.00365. The van der Waals surface area contributed by atoms with E-state index in [1.54, 1.807) is 0 Å². The zero-order valence-corrected chi connectivity index (χ0v) is 15.6. The molecular weight excluding hydrogens is 398 g/mol. The lowest BCUT2D eigenvalue weighted by molar-refractivity contribution is 0.615. The van der Waals surface area contributed by atoms with E-state index >= 15 is 0 Å². The van der Waals surface area contributed by atoms with Gasteiger partial charge >= 0.3 is 0 Å². The Labute approximate surface area is 158 Å². The van der Waals surface area contributed by atoms with Crippen molar-refractivity contribution in [1.82, 2.24) is 29.9 Å². The van der Waals surface area contributed by atoms with Gasteiger partial charge in [0.2, 0.25) is 33.0 Å². The van der Waals surface area contributed by atoms with Crippen LogP contribution in [0.4, 0.5) is 11.9 Å². The fourth-order valence-electron chi connectivity index (χ4n) is 1.87. The second-order valence-electron chi connectivity index (χ2n) is 4.73. The van der Waals surface area contributed by atoms with Crippen molar-refractivity contribution in [1.29, 1.82) is 0 Å². The quantitative estimate of drug-likeness (QED) is 0.494. The maximum atomic E-state index is 5.79. The third-order valence-electron chi connectivity index (χ3n) is 2.86. The van der Waals surface area contributed by atoms with Gasteiger partial charge in [0.05, 0.1) is 0 Å². The van der Waals surface area contributed by atoms with Gasteiger partial charge in [-0.25, -0.2) is 0 Å². The van der Waals surface area contributed by atoms with Crippen LogP contribution in [0.25, 0.3) is 0 Å². The van der Waals surface area contributed by atoms with Crippen molar-refractivity contribution >= 4 is 58.3 Å². The zero-order chi connectivity index (χ0) is 17.5. The SMILES string of the molecule is CCCCCC(Nc1nc(Cl)nc(Cl)n1)Nc1nc(Cl)nc(Cl)n1. The molecule has 0 aliphatic carbocycles. The van der Waals surface area contributed by atoms with Crippen molar-refractivity contribution in [3.8, 4) is 0 Å². The van der Waals surface area contributed by atoms with Crippen LogP contribution in [0.5, 0.6) is 0 Å². The Balaban J connectivity index is 2.13. The van der Waals surface area contributed by atoms with Crippen LogP contribution in [0, 0.1) is 0 Å². The first-order chi connectivity index (χ1) is 11.5. The molecule has 0 amide bonds. The van der Waals surface area contributed by atoms with Crippen LogP contribution in [0.15, 0.2) is 0 Å². The molecule has 0 bridgehead atoms. The molecule has 0 unspecified atom stereocenters. The Morgan fingerprint density at radius 3 is 1.50 bits per heavy atom. The van der Waals surface area contributed by atoms with Gasteiger partial charge in [-0.2, -0.15) is 29.9 Å². The molecule has 0 atom stereocenters. The Kier molecular flexibility index (Phi) is 7.41. The van der Waals surface area contributed by atoms with E-state index < -0.39 is 0 Å². The third kappa shape index (κ3) is 6.35. The van der Waals surface area contributed by atoms with Crippen LogP contribution in [0.3, 0.4) is 0 Å². The molecule has 2 rings (SSSR count). The van der Waals surface area contributed by atoms with Gasteiger partial charge < -0.3 is 10.6 Å². The topological polar surface area (TPSA) is 101 Å².